The van der Waals surface area contributed by atoms with Gasteiger partial charge in [0.1, 0.15) is 6.61 Å². The normalized spacial score (nSPS) is 10.8. The zero-order valence-corrected chi connectivity index (χ0v) is 11.7. The fourth-order valence-electron chi connectivity index (χ4n) is 1.67. The van der Waals surface area contributed by atoms with Gasteiger partial charge in [-0.3, -0.25) is 15.2 Å². The van der Waals surface area contributed by atoms with Gasteiger partial charge in [0.05, 0.1) is 4.92 Å². The van der Waals surface area contributed by atoms with Gasteiger partial charge in [0.15, 0.2) is 11.6 Å². The lowest BCUT2D eigenvalue weighted by atomic mass is 10.2. The minimum atomic E-state index is -0.492. The number of benzene rings is 1. The zero-order valence-electron chi connectivity index (χ0n) is 11.7. The van der Waals surface area contributed by atoms with Crippen LogP contribution in [0.3, 0.4) is 0 Å². The Labute approximate surface area is 120 Å². The van der Waals surface area contributed by atoms with Crippen molar-refractivity contribution in [3.05, 3.63) is 28.3 Å². The molecular weight excluding hydrogens is 276 g/mol. The number of aromatic nitrogens is 3. The third-order valence-electron chi connectivity index (χ3n) is 2.73. The summed E-state index contributed by atoms with van der Waals surface area (Å²) in [5, 5.41) is 17.5. The number of hydrogen-bond acceptors (Lipinski definition) is 7. The maximum Gasteiger partial charge on any atom is 0.311 e. The number of nitrogen functional groups attached to an aromatic ring is 1. The average Bonchev–Trinajstić information content (AvgIpc) is 2.85. The van der Waals surface area contributed by atoms with E-state index in [1.54, 1.807) is 12.1 Å². The number of H-pyrrole nitrogens is 1. The SMILES string of the molecule is CN(C)CCOc1ccc(-c2nc(N)n[nH]2)cc1[N+](=O)[O-]. The molecule has 0 bridgehead atoms. The summed E-state index contributed by atoms with van der Waals surface area (Å²) in [7, 11) is 3.80. The molecule has 0 saturated carbocycles. The summed E-state index contributed by atoms with van der Waals surface area (Å²) in [6.45, 7) is 1.03. The number of nitro groups is 1. The number of hydrogen-bond donors (Lipinski definition) is 2. The van der Waals surface area contributed by atoms with E-state index in [4.69, 9.17) is 10.5 Å². The van der Waals surface area contributed by atoms with Gasteiger partial charge in [0, 0.05) is 18.2 Å². The summed E-state index contributed by atoms with van der Waals surface area (Å²) >= 11 is 0. The topological polar surface area (TPSA) is 123 Å². The van der Waals surface area contributed by atoms with Crippen molar-refractivity contribution >= 4 is 11.6 Å². The van der Waals surface area contributed by atoms with E-state index in [0.717, 1.165) is 0 Å². The molecule has 1 aromatic carbocycles. The molecule has 9 nitrogen and oxygen atoms in total. The van der Waals surface area contributed by atoms with Crippen LogP contribution in [0, 0.1) is 10.1 Å². The second-order valence-corrected chi connectivity index (χ2v) is 4.63. The van der Waals surface area contributed by atoms with E-state index in [-0.39, 0.29) is 17.4 Å². The smallest absolute Gasteiger partial charge is 0.311 e. The molecule has 0 radical (unpaired) electrons. The van der Waals surface area contributed by atoms with E-state index in [0.29, 0.717) is 24.5 Å². The van der Waals surface area contributed by atoms with Crippen molar-refractivity contribution in [2.75, 3.05) is 33.0 Å². The predicted molar refractivity (Wildman–Crippen MR) is 76.9 cm³/mol. The highest BCUT2D eigenvalue weighted by atomic mass is 16.6. The Morgan fingerprint density at radius 2 is 2.24 bits per heavy atom. The lowest BCUT2D eigenvalue weighted by molar-refractivity contribution is -0.385. The van der Waals surface area contributed by atoms with Crippen LogP contribution in [0.4, 0.5) is 11.6 Å². The van der Waals surface area contributed by atoms with E-state index in [1.165, 1.54) is 6.07 Å². The first-order valence-corrected chi connectivity index (χ1v) is 6.21. The van der Waals surface area contributed by atoms with E-state index in [1.807, 2.05) is 19.0 Å². The van der Waals surface area contributed by atoms with E-state index >= 15 is 0 Å². The highest BCUT2D eigenvalue weighted by Gasteiger charge is 2.18. The Morgan fingerprint density at radius 3 is 2.81 bits per heavy atom. The molecule has 0 unspecified atom stereocenters. The quantitative estimate of drug-likeness (QED) is 0.598. The van der Waals surface area contributed by atoms with Crippen molar-refractivity contribution < 1.29 is 9.66 Å². The van der Waals surface area contributed by atoms with Crippen molar-refractivity contribution in [2.45, 2.75) is 0 Å². The van der Waals surface area contributed by atoms with Gasteiger partial charge in [-0.25, -0.2) is 0 Å². The van der Waals surface area contributed by atoms with Crippen LogP contribution in [-0.2, 0) is 0 Å². The van der Waals surface area contributed by atoms with E-state index in [9.17, 15) is 10.1 Å². The molecule has 0 saturated heterocycles. The van der Waals surface area contributed by atoms with Crippen LogP contribution in [-0.4, -0.2) is 52.3 Å². The van der Waals surface area contributed by atoms with Gasteiger partial charge in [-0.05, 0) is 26.2 Å². The number of nitro benzene ring substituents is 1. The van der Waals surface area contributed by atoms with Crippen LogP contribution in [0.15, 0.2) is 18.2 Å². The van der Waals surface area contributed by atoms with Crippen LogP contribution in [0.25, 0.3) is 11.4 Å². The van der Waals surface area contributed by atoms with Crippen LogP contribution in [0.5, 0.6) is 5.75 Å². The molecule has 0 amide bonds. The number of ether oxygens (including phenoxy) is 1. The number of nitrogens with two attached hydrogens (primary N) is 1. The summed E-state index contributed by atoms with van der Waals surface area (Å²) in [4.78, 5) is 16.5. The lowest BCUT2D eigenvalue weighted by Gasteiger charge is -2.11. The Kier molecular flexibility index (Phi) is 4.33. The van der Waals surface area contributed by atoms with Crippen LogP contribution in [0.2, 0.25) is 0 Å². The van der Waals surface area contributed by atoms with E-state index < -0.39 is 4.92 Å². The fourth-order valence-corrected chi connectivity index (χ4v) is 1.67. The molecule has 21 heavy (non-hydrogen) atoms. The number of likely N-dealkylation sites (N-methyl/N-ethyl adjacent to an activating group) is 1. The number of rotatable bonds is 6. The van der Waals surface area contributed by atoms with E-state index in [2.05, 4.69) is 15.2 Å². The zero-order chi connectivity index (χ0) is 15.4. The van der Waals surface area contributed by atoms with Gasteiger partial charge in [-0.15, -0.1) is 5.10 Å². The van der Waals surface area contributed by atoms with Gasteiger partial charge >= 0.3 is 5.69 Å². The molecule has 3 N–H and O–H groups in total. The van der Waals surface area contributed by atoms with Crippen molar-refractivity contribution in [3.63, 3.8) is 0 Å². The first kappa shape index (κ1) is 14.7. The highest BCUT2D eigenvalue weighted by molar-refractivity contribution is 5.64. The van der Waals surface area contributed by atoms with Crippen molar-refractivity contribution in [3.8, 4) is 17.1 Å². The molecule has 0 spiro atoms. The molecule has 1 heterocycles. The summed E-state index contributed by atoms with van der Waals surface area (Å²) in [6, 6.07) is 4.59. The molecule has 0 atom stereocenters. The minimum Gasteiger partial charge on any atom is -0.485 e. The molecule has 0 fully saturated rings. The first-order chi connectivity index (χ1) is 9.97. The molecule has 9 heteroatoms. The standard InChI is InChI=1S/C12H16N6O3/c1-17(2)5-6-21-10-4-3-8(7-9(10)18(19)20)11-14-12(13)16-15-11/h3-4,7H,5-6H2,1-2H3,(H3,13,14,15,16). The number of nitrogens with zero attached hydrogens (tertiary/aromatic N) is 4. The molecule has 2 rings (SSSR count). The van der Waals surface area contributed by atoms with Crippen LogP contribution >= 0.6 is 0 Å². The van der Waals surface area contributed by atoms with Gasteiger partial charge < -0.3 is 15.4 Å². The third kappa shape index (κ3) is 3.66. The number of anilines is 1. The van der Waals surface area contributed by atoms with Crippen molar-refractivity contribution in [1.82, 2.24) is 20.1 Å². The summed E-state index contributed by atoms with van der Waals surface area (Å²) in [5.41, 5.74) is 5.82. The summed E-state index contributed by atoms with van der Waals surface area (Å²) in [6.07, 6.45) is 0. The molecule has 1 aromatic heterocycles. The van der Waals surface area contributed by atoms with Gasteiger partial charge in [0.2, 0.25) is 5.95 Å². The maximum atomic E-state index is 11.2. The van der Waals surface area contributed by atoms with Gasteiger partial charge in [-0.1, -0.05) is 0 Å². The Morgan fingerprint density at radius 1 is 1.48 bits per heavy atom. The molecule has 0 aliphatic carbocycles. The molecule has 2 aromatic rings. The van der Waals surface area contributed by atoms with Crippen LogP contribution < -0.4 is 10.5 Å². The third-order valence-corrected chi connectivity index (χ3v) is 2.73. The molecular formula is C12H16N6O3. The monoisotopic (exact) mass is 292 g/mol. The molecule has 112 valence electrons. The van der Waals surface area contributed by atoms with Gasteiger partial charge in [0.25, 0.3) is 0 Å². The number of aromatic amines is 1. The predicted octanol–water partition coefficient (Wildman–Crippen LogP) is 0.902. The number of nitrogens with one attached hydrogen (secondary N) is 1. The second kappa shape index (κ2) is 6.18. The average molecular weight is 292 g/mol. The minimum absolute atomic E-state index is 0.0824. The Hall–Kier alpha value is -2.68. The second-order valence-electron chi connectivity index (χ2n) is 4.63. The largest absolute Gasteiger partial charge is 0.485 e. The Balaban J connectivity index is 2.25. The van der Waals surface area contributed by atoms with Crippen LogP contribution in [0.1, 0.15) is 0 Å². The van der Waals surface area contributed by atoms with Crippen molar-refractivity contribution in [1.29, 1.82) is 0 Å². The summed E-state index contributed by atoms with van der Waals surface area (Å²) < 4.78 is 5.45. The van der Waals surface area contributed by atoms with Crippen molar-refractivity contribution in [2.24, 2.45) is 0 Å². The Bertz CT molecular complexity index is 640. The summed E-state index contributed by atoms with van der Waals surface area (Å²) in [5.74, 6) is 0.674. The van der Waals surface area contributed by atoms with Gasteiger partial charge in [-0.2, -0.15) is 4.98 Å². The molecule has 0 aliphatic rings. The maximum absolute atomic E-state index is 11.2. The highest BCUT2D eigenvalue weighted by Crippen LogP contribution is 2.31. The lowest BCUT2D eigenvalue weighted by Crippen LogP contribution is -2.19. The fraction of sp³-hybridized carbons (Fsp3) is 0.333. The first-order valence-electron chi connectivity index (χ1n) is 6.21. The molecule has 0 aliphatic heterocycles.